The van der Waals surface area contributed by atoms with E-state index in [9.17, 15) is 0 Å². The van der Waals surface area contributed by atoms with Crippen LogP contribution < -0.4 is 16.9 Å². The predicted molar refractivity (Wildman–Crippen MR) is 43.3 cm³/mol. The van der Waals surface area contributed by atoms with Gasteiger partial charge in [-0.25, -0.2) is 0 Å². The van der Waals surface area contributed by atoms with Gasteiger partial charge in [0, 0.05) is 5.56 Å². The van der Waals surface area contributed by atoms with Crippen molar-refractivity contribution in [3.8, 4) is 0 Å². The summed E-state index contributed by atoms with van der Waals surface area (Å²) in [6.07, 6.45) is 0. The van der Waals surface area contributed by atoms with E-state index in [0.29, 0.717) is 5.84 Å². The summed E-state index contributed by atoms with van der Waals surface area (Å²) in [5, 5.41) is 5.41. The first-order chi connectivity index (χ1) is 5.24. The van der Waals surface area contributed by atoms with E-state index in [1.165, 1.54) is 0 Å². The second kappa shape index (κ2) is 3.16. The Hall–Kier alpha value is -1.35. The summed E-state index contributed by atoms with van der Waals surface area (Å²) in [7, 11) is 0. The number of rotatable bonds is 2. The zero-order chi connectivity index (χ0) is 8.27. The molecule has 0 aliphatic carbocycles. The van der Waals surface area contributed by atoms with Gasteiger partial charge < -0.3 is 5.73 Å². The van der Waals surface area contributed by atoms with E-state index in [0.717, 1.165) is 17.7 Å². The molecule has 0 heterocycles. The molecular formula is C8H13N3+2. The van der Waals surface area contributed by atoms with Gasteiger partial charge in [0.05, 0.1) is 12.1 Å². The standard InChI is InChI=1S/C8H11N3/c9-5-6-2-1-3-7(4-6)8(10)11/h1-4H,5,9H2,(H3,10,11)/p+2. The Bertz CT molecular complexity index is 268. The molecule has 0 fully saturated rings. The third kappa shape index (κ3) is 1.78. The summed E-state index contributed by atoms with van der Waals surface area (Å²) in [6.45, 7) is 0.765. The smallest absolute Gasteiger partial charge is 0.270 e. The van der Waals surface area contributed by atoms with Gasteiger partial charge in [-0.1, -0.05) is 12.1 Å². The zero-order valence-corrected chi connectivity index (χ0v) is 6.38. The Balaban J connectivity index is 3.01. The number of amidine groups is 1. The van der Waals surface area contributed by atoms with Gasteiger partial charge in [0.25, 0.3) is 5.84 Å². The van der Waals surface area contributed by atoms with Crippen LogP contribution in [0.5, 0.6) is 0 Å². The summed E-state index contributed by atoms with van der Waals surface area (Å²) in [6, 6.07) is 7.76. The third-order valence-electron chi connectivity index (χ3n) is 1.55. The van der Waals surface area contributed by atoms with Crippen molar-refractivity contribution in [3.63, 3.8) is 0 Å². The topological polar surface area (TPSA) is 79.2 Å². The zero-order valence-electron chi connectivity index (χ0n) is 6.38. The maximum absolute atomic E-state index is 5.41. The first-order valence-corrected chi connectivity index (χ1v) is 3.50. The van der Waals surface area contributed by atoms with Crippen molar-refractivity contribution in [2.75, 3.05) is 0 Å². The summed E-state index contributed by atoms with van der Waals surface area (Å²) < 4.78 is 0. The van der Waals surface area contributed by atoms with Crippen molar-refractivity contribution in [3.05, 3.63) is 35.4 Å². The lowest BCUT2D eigenvalue weighted by Crippen LogP contribution is -2.48. The largest absolute Gasteiger partial charge is 0.354 e. The normalized spacial score (nSPS) is 9.55. The highest BCUT2D eigenvalue weighted by Crippen LogP contribution is 2.01. The average Bonchev–Trinajstić information content (AvgIpc) is 2.05. The molecule has 1 aromatic carbocycles. The molecule has 58 valence electrons. The van der Waals surface area contributed by atoms with Crippen LogP contribution in [0.25, 0.3) is 0 Å². The lowest BCUT2D eigenvalue weighted by Gasteiger charge is -1.95. The molecule has 0 aliphatic rings. The minimum absolute atomic E-state index is 0.361. The Labute approximate surface area is 65.5 Å². The van der Waals surface area contributed by atoms with Crippen LogP contribution in [-0.2, 0) is 6.54 Å². The number of benzene rings is 1. The van der Waals surface area contributed by atoms with Gasteiger partial charge in [0.2, 0.25) is 0 Å². The molecule has 3 heteroatoms. The highest BCUT2D eigenvalue weighted by molar-refractivity contribution is 5.92. The fourth-order valence-corrected chi connectivity index (χ4v) is 0.906. The minimum atomic E-state index is 0.361. The molecule has 0 radical (unpaired) electrons. The maximum Gasteiger partial charge on any atom is 0.270 e. The van der Waals surface area contributed by atoms with Gasteiger partial charge in [-0.2, -0.15) is 0 Å². The number of nitrogens with two attached hydrogens (primary N) is 2. The van der Waals surface area contributed by atoms with Gasteiger partial charge in [-0.15, -0.1) is 0 Å². The van der Waals surface area contributed by atoms with Crippen molar-refractivity contribution in [2.45, 2.75) is 6.54 Å². The van der Waals surface area contributed by atoms with Gasteiger partial charge in [-0.05, 0) is 12.1 Å². The van der Waals surface area contributed by atoms with Crippen molar-refractivity contribution >= 4 is 5.84 Å². The minimum Gasteiger partial charge on any atom is -0.354 e. The molecular weight excluding hydrogens is 138 g/mol. The SMILES string of the molecule is NC(=[NH2+])c1cccc(C[NH3+])c1. The van der Waals surface area contributed by atoms with Gasteiger partial charge in [-0.3, -0.25) is 11.1 Å². The molecule has 11 heavy (non-hydrogen) atoms. The number of quaternary nitrogens is 1. The van der Waals surface area contributed by atoms with Crippen LogP contribution in [0.15, 0.2) is 24.3 Å². The van der Waals surface area contributed by atoms with Crippen molar-refractivity contribution in [1.29, 1.82) is 0 Å². The van der Waals surface area contributed by atoms with Gasteiger partial charge in [0.1, 0.15) is 0 Å². The molecule has 0 saturated carbocycles. The lowest BCUT2D eigenvalue weighted by molar-refractivity contribution is -0.386. The van der Waals surface area contributed by atoms with Gasteiger partial charge >= 0.3 is 0 Å². The Morgan fingerprint density at radius 3 is 2.82 bits per heavy atom. The molecule has 7 N–H and O–H groups in total. The summed E-state index contributed by atoms with van der Waals surface area (Å²) >= 11 is 0. The van der Waals surface area contributed by atoms with Crippen LogP contribution in [0.2, 0.25) is 0 Å². The number of hydrogen-bond acceptors (Lipinski definition) is 0. The first-order valence-electron chi connectivity index (χ1n) is 3.50. The van der Waals surface area contributed by atoms with Crippen molar-refractivity contribution in [1.82, 2.24) is 0 Å². The molecule has 0 saturated heterocycles. The Morgan fingerprint density at radius 1 is 1.55 bits per heavy atom. The first kappa shape index (κ1) is 7.75. The van der Waals surface area contributed by atoms with E-state index in [2.05, 4.69) is 5.73 Å². The summed E-state index contributed by atoms with van der Waals surface area (Å²) in [4.78, 5) is 0. The van der Waals surface area contributed by atoms with Crippen LogP contribution in [0.4, 0.5) is 0 Å². The van der Waals surface area contributed by atoms with E-state index in [1.54, 1.807) is 0 Å². The molecule has 0 amide bonds. The lowest BCUT2D eigenvalue weighted by atomic mass is 10.1. The molecule has 0 unspecified atom stereocenters. The molecule has 0 aliphatic heterocycles. The van der Waals surface area contributed by atoms with E-state index in [4.69, 9.17) is 11.1 Å². The molecule has 1 aromatic rings. The average molecular weight is 151 g/mol. The van der Waals surface area contributed by atoms with Crippen molar-refractivity contribution < 1.29 is 11.1 Å². The van der Waals surface area contributed by atoms with Crippen LogP contribution in [0, 0.1) is 0 Å². The highest BCUT2D eigenvalue weighted by atomic mass is 14.7. The second-order valence-corrected chi connectivity index (χ2v) is 2.41. The maximum atomic E-state index is 5.41. The molecule has 0 aromatic heterocycles. The fraction of sp³-hybridized carbons (Fsp3) is 0.125. The molecule has 0 spiro atoms. The predicted octanol–water partition coefficient (Wildman–Crippen LogP) is -2.11. The molecule has 0 atom stereocenters. The van der Waals surface area contributed by atoms with Gasteiger partial charge in [0.15, 0.2) is 0 Å². The molecule has 1 rings (SSSR count). The fourth-order valence-electron chi connectivity index (χ4n) is 0.906. The van der Waals surface area contributed by atoms with Crippen molar-refractivity contribution in [2.24, 2.45) is 5.73 Å². The summed E-state index contributed by atoms with van der Waals surface area (Å²) in [5.74, 6) is 0.361. The van der Waals surface area contributed by atoms with E-state index in [-0.39, 0.29) is 0 Å². The second-order valence-electron chi connectivity index (χ2n) is 2.41. The summed E-state index contributed by atoms with van der Waals surface area (Å²) in [5.41, 5.74) is 11.2. The molecule has 0 bridgehead atoms. The monoisotopic (exact) mass is 151 g/mol. The molecule has 3 nitrogen and oxygen atoms in total. The Kier molecular flexibility index (Phi) is 2.23. The quantitative estimate of drug-likeness (QED) is 0.328. The van der Waals surface area contributed by atoms with Crippen LogP contribution in [0.3, 0.4) is 0 Å². The van der Waals surface area contributed by atoms with E-state index in [1.807, 2.05) is 24.3 Å². The Morgan fingerprint density at radius 2 is 2.27 bits per heavy atom. The van der Waals surface area contributed by atoms with Crippen LogP contribution >= 0.6 is 0 Å². The van der Waals surface area contributed by atoms with Crippen LogP contribution in [-0.4, -0.2) is 5.84 Å². The third-order valence-corrected chi connectivity index (χ3v) is 1.55. The van der Waals surface area contributed by atoms with Crippen LogP contribution in [0.1, 0.15) is 11.1 Å². The van der Waals surface area contributed by atoms with E-state index < -0.39 is 0 Å². The number of hydrogen-bond donors (Lipinski definition) is 3. The van der Waals surface area contributed by atoms with E-state index >= 15 is 0 Å². The highest BCUT2D eigenvalue weighted by Gasteiger charge is 2.01.